The van der Waals surface area contributed by atoms with Gasteiger partial charge in [0.05, 0.1) is 17.1 Å². The van der Waals surface area contributed by atoms with Gasteiger partial charge in [0.2, 0.25) is 5.91 Å². The molecule has 0 unspecified atom stereocenters. The van der Waals surface area contributed by atoms with E-state index in [2.05, 4.69) is 34.0 Å². The highest BCUT2D eigenvalue weighted by Gasteiger charge is 2.29. The predicted octanol–water partition coefficient (Wildman–Crippen LogP) is 3.01. The molecular weight excluding hydrogens is 324 g/mol. The summed E-state index contributed by atoms with van der Waals surface area (Å²) in [7, 11) is 2.12. The van der Waals surface area contributed by atoms with E-state index in [0.717, 1.165) is 36.5 Å². The fraction of sp³-hybridized carbons (Fsp3) is 0.333. The number of fused-ring (bicyclic) bond motifs is 1. The monoisotopic (exact) mass is 348 g/mol. The number of carbonyl (C=O) groups excluding carboxylic acids is 1. The summed E-state index contributed by atoms with van der Waals surface area (Å²) in [6, 6.07) is 18.4. The minimum Gasteiger partial charge on any atom is -0.342 e. The molecule has 1 aliphatic heterocycles. The molecule has 5 heteroatoms. The Morgan fingerprint density at radius 3 is 2.69 bits per heavy atom. The molecule has 1 N–H and O–H groups in total. The standard InChI is InChI=1S/C21H24N4O/c1-24-13-14-25(19(15-24)16-7-3-2-4-8-16)21(26)12-11-20-22-17-9-5-6-10-18(17)23-20/h2-10,19H,11-15H2,1H3,(H,22,23)/t19-/m1/s1. The highest BCUT2D eigenvalue weighted by molar-refractivity contribution is 5.78. The Hall–Kier alpha value is -2.66. The van der Waals surface area contributed by atoms with Gasteiger partial charge < -0.3 is 14.8 Å². The van der Waals surface area contributed by atoms with Crippen LogP contribution in [0.4, 0.5) is 0 Å². The zero-order chi connectivity index (χ0) is 17.9. The van der Waals surface area contributed by atoms with Gasteiger partial charge in [-0.3, -0.25) is 4.79 Å². The lowest BCUT2D eigenvalue weighted by atomic mass is 10.0. The highest BCUT2D eigenvalue weighted by atomic mass is 16.2. The lowest BCUT2D eigenvalue weighted by Gasteiger charge is -2.40. The van der Waals surface area contributed by atoms with Crippen LogP contribution in [0.1, 0.15) is 23.9 Å². The Bertz CT molecular complexity index is 856. The van der Waals surface area contributed by atoms with Gasteiger partial charge in [0.1, 0.15) is 5.82 Å². The Labute approximate surface area is 153 Å². The second kappa shape index (κ2) is 7.30. The molecule has 2 aromatic carbocycles. The normalized spacial score (nSPS) is 18.3. The van der Waals surface area contributed by atoms with Crippen LogP contribution in [0.2, 0.25) is 0 Å². The largest absolute Gasteiger partial charge is 0.342 e. The molecule has 0 aliphatic carbocycles. The number of carbonyl (C=O) groups is 1. The van der Waals surface area contributed by atoms with Crippen LogP contribution in [0.25, 0.3) is 11.0 Å². The molecule has 26 heavy (non-hydrogen) atoms. The SMILES string of the molecule is CN1CCN(C(=O)CCc2nc3ccccc3[nH]2)[C@@H](c2ccccc2)C1. The lowest BCUT2D eigenvalue weighted by Crippen LogP contribution is -2.49. The maximum Gasteiger partial charge on any atom is 0.223 e. The van der Waals surface area contributed by atoms with E-state index in [1.54, 1.807) is 0 Å². The van der Waals surface area contributed by atoms with Crippen molar-refractivity contribution in [1.82, 2.24) is 19.8 Å². The fourth-order valence-corrected chi connectivity index (χ4v) is 3.67. The maximum atomic E-state index is 12.9. The zero-order valence-corrected chi connectivity index (χ0v) is 15.1. The highest BCUT2D eigenvalue weighted by Crippen LogP contribution is 2.25. The number of aromatic amines is 1. The number of aromatic nitrogens is 2. The Morgan fingerprint density at radius 2 is 1.88 bits per heavy atom. The number of nitrogens with zero attached hydrogens (tertiary/aromatic N) is 3. The summed E-state index contributed by atoms with van der Waals surface area (Å²) >= 11 is 0. The Balaban J connectivity index is 1.46. The molecule has 0 saturated carbocycles. The molecule has 1 saturated heterocycles. The van der Waals surface area contributed by atoms with Gasteiger partial charge in [0.25, 0.3) is 0 Å². The second-order valence-corrected chi connectivity index (χ2v) is 6.98. The smallest absolute Gasteiger partial charge is 0.223 e. The summed E-state index contributed by atoms with van der Waals surface area (Å²) in [6.07, 6.45) is 1.12. The third-order valence-corrected chi connectivity index (χ3v) is 5.10. The third kappa shape index (κ3) is 3.48. The zero-order valence-electron chi connectivity index (χ0n) is 15.1. The number of rotatable bonds is 4. The number of hydrogen-bond donors (Lipinski definition) is 1. The van der Waals surface area contributed by atoms with Gasteiger partial charge in [-0.2, -0.15) is 0 Å². The van der Waals surface area contributed by atoms with Crippen LogP contribution in [0.5, 0.6) is 0 Å². The maximum absolute atomic E-state index is 12.9. The third-order valence-electron chi connectivity index (χ3n) is 5.10. The summed E-state index contributed by atoms with van der Waals surface area (Å²) in [5, 5.41) is 0. The predicted molar refractivity (Wildman–Crippen MR) is 103 cm³/mol. The molecule has 5 nitrogen and oxygen atoms in total. The van der Waals surface area contributed by atoms with Gasteiger partial charge in [-0.1, -0.05) is 42.5 Å². The molecule has 0 radical (unpaired) electrons. The molecule has 2 heterocycles. The Morgan fingerprint density at radius 1 is 1.12 bits per heavy atom. The molecule has 4 rings (SSSR count). The van der Waals surface area contributed by atoms with Crippen molar-refractivity contribution in [2.75, 3.05) is 26.7 Å². The number of aryl methyl sites for hydroxylation is 1. The summed E-state index contributed by atoms with van der Waals surface area (Å²) in [5.74, 6) is 1.08. The van der Waals surface area contributed by atoms with Crippen LogP contribution in [-0.2, 0) is 11.2 Å². The number of piperazine rings is 1. The number of benzene rings is 2. The van der Waals surface area contributed by atoms with Gasteiger partial charge in [0.15, 0.2) is 0 Å². The van der Waals surface area contributed by atoms with Gasteiger partial charge in [-0.15, -0.1) is 0 Å². The fourth-order valence-electron chi connectivity index (χ4n) is 3.67. The number of H-pyrrole nitrogens is 1. The van der Waals surface area contributed by atoms with E-state index >= 15 is 0 Å². The molecule has 0 spiro atoms. The van der Waals surface area contributed by atoms with Crippen LogP contribution in [0, 0.1) is 0 Å². The van der Waals surface area contributed by atoms with Crippen molar-refractivity contribution in [3.8, 4) is 0 Å². The van der Waals surface area contributed by atoms with E-state index in [1.165, 1.54) is 5.56 Å². The number of likely N-dealkylation sites (N-methyl/N-ethyl adjacent to an activating group) is 1. The number of para-hydroxylation sites is 2. The molecule has 134 valence electrons. The minimum absolute atomic E-state index is 0.123. The van der Waals surface area contributed by atoms with E-state index in [1.807, 2.05) is 47.4 Å². The van der Waals surface area contributed by atoms with Crippen molar-refractivity contribution in [3.63, 3.8) is 0 Å². The number of nitrogens with one attached hydrogen (secondary N) is 1. The molecule has 1 aromatic heterocycles. The van der Waals surface area contributed by atoms with E-state index in [0.29, 0.717) is 12.8 Å². The molecule has 1 fully saturated rings. The van der Waals surface area contributed by atoms with Crippen molar-refractivity contribution in [3.05, 3.63) is 66.0 Å². The van der Waals surface area contributed by atoms with Crippen molar-refractivity contribution in [2.24, 2.45) is 0 Å². The average molecular weight is 348 g/mol. The van der Waals surface area contributed by atoms with Gasteiger partial charge in [-0.25, -0.2) is 4.98 Å². The van der Waals surface area contributed by atoms with Crippen LogP contribution in [-0.4, -0.2) is 52.4 Å². The number of hydrogen-bond acceptors (Lipinski definition) is 3. The van der Waals surface area contributed by atoms with Crippen LogP contribution >= 0.6 is 0 Å². The minimum atomic E-state index is 0.123. The quantitative estimate of drug-likeness (QED) is 0.788. The molecular formula is C21H24N4O. The summed E-state index contributed by atoms with van der Waals surface area (Å²) < 4.78 is 0. The van der Waals surface area contributed by atoms with Gasteiger partial charge in [-0.05, 0) is 24.7 Å². The number of imidazole rings is 1. The molecule has 1 aliphatic rings. The summed E-state index contributed by atoms with van der Waals surface area (Å²) in [6.45, 7) is 2.56. The van der Waals surface area contributed by atoms with Crippen LogP contribution in [0.3, 0.4) is 0 Å². The van der Waals surface area contributed by atoms with Gasteiger partial charge in [0, 0.05) is 32.5 Å². The first-order valence-electron chi connectivity index (χ1n) is 9.17. The second-order valence-electron chi connectivity index (χ2n) is 6.98. The van der Waals surface area contributed by atoms with E-state index < -0.39 is 0 Å². The van der Waals surface area contributed by atoms with E-state index in [4.69, 9.17) is 0 Å². The van der Waals surface area contributed by atoms with Crippen molar-refractivity contribution in [2.45, 2.75) is 18.9 Å². The van der Waals surface area contributed by atoms with Crippen LogP contribution in [0.15, 0.2) is 54.6 Å². The van der Waals surface area contributed by atoms with E-state index in [-0.39, 0.29) is 11.9 Å². The van der Waals surface area contributed by atoms with E-state index in [9.17, 15) is 4.79 Å². The first-order valence-corrected chi connectivity index (χ1v) is 9.17. The number of amides is 1. The first kappa shape index (κ1) is 16.8. The van der Waals surface area contributed by atoms with Crippen LogP contribution < -0.4 is 0 Å². The van der Waals surface area contributed by atoms with Gasteiger partial charge >= 0.3 is 0 Å². The molecule has 1 amide bonds. The lowest BCUT2D eigenvalue weighted by molar-refractivity contribution is -0.136. The topological polar surface area (TPSA) is 52.2 Å². The molecule has 0 bridgehead atoms. The van der Waals surface area contributed by atoms with Crippen molar-refractivity contribution in [1.29, 1.82) is 0 Å². The average Bonchev–Trinajstić information content (AvgIpc) is 3.10. The first-order chi connectivity index (χ1) is 12.7. The molecule has 1 atom stereocenters. The summed E-state index contributed by atoms with van der Waals surface area (Å²) in [5.41, 5.74) is 3.18. The Kier molecular flexibility index (Phi) is 4.71. The summed E-state index contributed by atoms with van der Waals surface area (Å²) in [4.78, 5) is 25.2. The van der Waals surface area contributed by atoms with Crippen molar-refractivity contribution < 1.29 is 4.79 Å². The van der Waals surface area contributed by atoms with Crippen molar-refractivity contribution >= 4 is 16.9 Å². The molecule has 3 aromatic rings.